The molecule has 0 aliphatic heterocycles. The van der Waals surface area contributed by atoms with Crippen molar-refractivity contribution in [1.82, 2.24) is 0 Å². The van der Waals surface area contributed by atoms with Crippen LogP contribution in [-0.2, 0) is 9.53 Å². The van der Waals surface area contributed by atoms with E-state index in [1.807, 2.05) is 13.8 Å². The molecule has 0 heterocycles. The summed E-state index contributed by atoms with van der Waals surface area (Å²) in [4.78, 5) is 23.6. The third-order valence-corrected chi connectivity index (χ3v) is 3.20. The van der Waals surface area contributed by atoms with Crippen LogP contribution < -0.4 is 11.1 Å². The van der Waals surface area contributed by atoms with Gasteiger partial charge in [-0.2, -0.15) is 0 Å². The molecule has 5 nitrogen and oxygen atoms in total. The smallest absolute Gasteiger partial charge is 0.338 e. The lowest BCUT2D eigenvalue weighted by molar-refractivity contribution is -0.118. The van der Waals surface area contributed by atoms with Crippen molar-refractivity contribution in [3.63, 3.8) is 0 Å². The minimum atomic E-state index is -0.564. The zero-order chi connectivity index (χ0) is 15.1. The largest absolute Gasteiger partial charge is 0.462 e. The van der Waals surface area contributed by atoms with Crippen molar-refractivity contribution >= 4 is 17.6 Å². The average Bonchev–Trinajstić information content (AvgIpc) is 2.46. The van der Waals surface area contributed by atoms with E-state index in [1.165, 1.54) is 0 Å². The Balaban J connectivity index is 2.76. The van der Waals surface area contributed by atoms with E-state index in [9.17, 15) is 9.59 Å². The Kier molecular flexibility index (Phi) is 6.18. The number of hydrogen-bond acceptors (Lipinski definition) is 4. The minimum absolute atomic E-state index is 0.100. The maximum Gasteiger partial charge on any atom is 0.338 e. The first-order valence-corrected chi connectivity index (χ1v) is 6.83. The van der Waals surface area contributed by atoms with E-state index >= 15 is 0 Å². The monoisotopic (exact) mass is 278 g/mol. The van der Waals surface area contributed by atoms with E-state index in [2.05, 4.69) is 5.32 Å². The summed E-state index contributed by atoms with van der Waals surface area (Å²) in [6.45, 7) is 5.97. The van der Waals surface area contributed by atoms with Crippen LogP contribution in [0.3, 0.4) is 0 Å². The Morgan fingerprint density at radius 2 is 2.05 bits per heavy atom. The zero-order valence-corrected chi connectivity index (χ0v) is 12.2. The van der Waals surface area contributed by atoms with Gasteiger partial charge in [0.1, 0.15) is 0 Å². The Morgan fingerprint density at radius 1 is 1.35 bits per heavy atom. The quantitative estimate of drug-likeness (QED) is 0.781. The second kappa shape index (κ2) is 7.65. The van der Waals surface area contributed by atoms with Crippen LogP contribution >= 0.6 is 0 Å². The molecule has 0 saturated carbocycles. The topological polar surface area (TPSA) is 81.4 Å². The van der Waals surface area contributed by atoms with Crippen LogP contribution in [0.4, 0.5) is 5.69 Å². The van der Waals surface area contributed by atoms with Crippen molar-refractivity contribution in [2.75, 3.05) is 11.9 Å². The Morgan fingerprint density at radius 3 is 2.65 bits per heavy atom. The summed E-state index contributed by atoms with van der Waals surface area (Å²) < 4.78 is 4.91. The van der Waals surface area contributed by atoms with Crippen LogP contribution in [0.15, 0.2) is 24.3 Å². The maximum atomic E-state index is 12.0. The van der Waals surface area contributed by atoms with Gasteiger partial charge < -0.3 is 15.8 Å². The summed E-state index contributed by atoms with van der Waals surface area (Å²) in [6, 6.07) is 6.06. The number of esters is 1. The summed E-state index contributed by atoms with van der Waals surface area (Å²) in [7, 11) is 0. The molecule has 1 aromatic carbocycles. The normalized spacial score (nSPS) is 13.4. The molecular formula is C15H22N2O3. The van der Waals surface area contributed by atoms with Gasteiger partial charge in [-0.15, -0.1) is 0 Å². The molecule has 1 unspecified atom stereocenters. The molecule has 0 aromatic heterocycles. The van der Waals surface area contributed by atoms with E-state index in [4.69, 9.17) is 10.5 Å². The SMILES string of the molecule is CCOC(=O)c1cccc(NC(=O)[C@@H](N)C(C)CC)c1. The molecule has 3 N–H and O–H groups in total. The highest BCUT2D eigenvalue weighted by molar-refractivity contribution is 5.97. The molecule has 2 atom stereocenters. The maximum absolute atomic E-state index is 12.0. The molecule has 20 heavy (non-hydrogen) atoms. The van der Waals surface area contributed by atoms with Gasteiger partial charge in [-0.3, -0.25) is 4.79 Å². The highest BCUT2D eigenvalue weighted by Crippen LogP contribution is 2.14. The van der Waals surface area contributed by atoms with Crippen molar-refractivity contribution in [3.05, 3.63) is 29.8 Å². The lowest BCUT2D eigenvalue weighted by Gasteiger charge is -2.17. The van der Waals surface area contributed by atoms with Gasteiger partial charge in [0.05, 0.1) is 18.2 Å². The number of carbonyl (C=O) groups excluding carboxylic acids is 2. The molecule has 0 aliphatic carbocycles. The third-order valence-electron chi connectivity index (χ3n) is 3.20. The Hall–Kier alpha value is -1.88. The van der Waals surface area contributed by atoms with E-state index in [0.717, 1.165) is 6.42 Å². The predicted molar refractivity (Wildman–Crippen MR) is 78.5 cm³/mol. The highest BCUT2D eigenvalue weighted by atomic mass is 16.5. The van der Waals surface area contributed by atoms with Crippen molar-refractivity contribution < 1.29 is 14.3 Å². The first-order valence-electron chi connectivity index (χ1n) is 6.83. The van der Waals surface area contributed by atoms with Gasteiger partial charge in [0.25, 0.3) is 0 Å². The second-order valence-corrected chi connectivity index (χ2v) is 4.70. The van der Waals surface area contributed by atoms with Gasteiger partial charge in [-0.1, -0.05) is 26.3 Å². The van der Waals surface area contributed by atoms with Crippen molar-refractivity contribution in [3.8, 4) is 0 Å². The summed E-state index contributed by atoms with van der Waals surface area (Å²) in [5.74, 6) is -0.557. The molecule has 0 saturated heterocycles. The van der Waals surface area contributed by atoms with Crippen molar-refractivity contribution in [2.24, 2.45) is 11.7 Å². The number of nitrogens with two attached hydrogens (primary N) is 1. The summed E-state index contributed by atoms with van der Waals surface area (Å²) in [5, 5.41) is 2.72. The Bertz CT molecular complexity index is 474. The number of benzene rings is 1. The fourth-order valence-corrected chi connectivity index (χ4v) is 1.68. The van der Waals surface area contributed by atoms with Crippen molar-refractivity contribution in [2.45, 2.75) is 33.2 Å². The number of hydrogen-bond donors (Lipinski definition) is 2. The van der Waals surface area contributed by atoms with Gasteiger partial charge in [-0.25, -0.2) is 4.79 Å². The highest BCUT2D eigenvalue weighted by Gasteiger charge is 2.19. The van der Waals surface area contributed by atoms with Crippen LogP contribution in [0, 0.1) is 5.92 Å². The molecule has 1 amide bonds. The number of anilines is 1. The summed E-state index contributed by atoms with van der Waals surface area (Å²) >= 11 is 0. The molecule has 0 spiro atoms. The number of amides is 1. The molecule has 5 heteroatoms. The zero-order valence-electron chi connectivity index (χ0n) is 12.2. The number of nitrogens with one attached hydrogen (secondary N) is 1. The lowest BCUT2D eigenvalue weighted by Crippen LogP contribution is -2.40. The lowest BCUT2D eigenvalue weighted by atomic mass is 9.99. The molecule has 0 aliphatic rings. The van der Waals surface area contributed by atoms with Crippen LogP contribution in [-0.4, -0.2) is 24.5 Å². The van der Waals surface area contributed by atoms with Gasteiger partial charge >= 0.3 is 5.97 Å². The first-order chi connectivity index (χ1) is 9.49. The number of ether oxygens (including phenoxy) is 1. The van der Waals surface area contributed by atoms with E-state index in [1.54, 1.807) is 31.2 Å². The molecule has 0 bridgehead atoms. The second-order valence-electron chi connectivity index (χ2n) is 4.70. The van der Waals surface area contributed by atoms with Crippen LogP contribution in [0.1, 0.15) is 37.6 Å². The summed E-state index contributed by atoms with van der Waals surface area (Å²) in [5.41, 5.74) is 6.81. The molecule has 0 fully saturated rings. The molecule has 1 aromatic rings. The number of carbonyl (C=O) groups is 2. The van der Waals surface area contributed by atoms with Gasteiger partial charge in [0.15, 0.2) is 0 Å². The number of rotatable bonds is 6. The van der Waals surface area contributed by atoms with E-state index in [-0.39, 0.29) is 11.8 Å². The van der Waals surface area contributed by atoms with Crippen LogP contribution in [0.25, 0.3) is 0 Å². The third kappa shape index (κ3) is 4.35. The van der Waals surface area contributed by atoms with Gasteiger partial charge in [0.2, 0.25) is 5.91 Å². The van der Waals surface area contributed by atoms with Gasteiger partial charge in [-0.05, 0) is 31.0 Å². The fourth-order valence-electron chi connectivity index (χ4n) is 1.68. The molecular weight excluding hydrogens is 256 g/mol. The fraction of sp³-hybridized carbons (Fsp3) is 0.467. The van der Waals surface area contributed by atoms with E-state index < -0.39 is 12.0 Å². The van der Waals surface area contributed by atoms with E-state index in [0.29, 0.717) is 17.9 Å². The predicted octanol–water partition coefficient (Wildman–Crippen LogP) is 2.18. The first kappa shape index (κ1) is 16.2. The molecule has 110 valence electrons. The summed E-state index contributed by atoms with van der Waals surface area (Å²) in [6.07, 6.45) is 0.831. The minimum Gasteiger partial charge on any atom is -0.462 e. The van der Waals surface area contributed by atoms with Gasteiger partial charge in [0, 0.05) is 5.69 Å². The van der Waals surface area contributed by atoms with Crippen LogP contribution in [0.2, 0.25) is 0 Å². The molecule has 1 rings (SSSR count). The standard InChI is InChI=1S/C15H22N2O3/c1-4-10(3)13(16)14(18)17-12-8-6-7-11(9-12)15(19)20-5-2/h6-10,13H,4-5,16H2,1-3H3,(H,17,18)/t10?,13-/m0/s1. The molecule has 0 radical (unpaired) electrons. The van der Waals surface area contributed by atoms with Crippen molar-refractivity contribution in [1.29, 1.82) is 0 Å². The van der Waals surface area contributed by atoms with Crippen LogP contribution in [0.5, 0.6) is 0 Å². The average molecular weight is 278 g/mol. The Labute approximate surface area is 119 Å².